The van der Waals surface area contributed by atoms with Crippen LogP contribution in [0.25, 0.3) is 11.3 Å². The second-order valence-electron chi connectivity index (χ2n) is 8.63. The van der Waals surface area contributed by atoms with Gasteiger partial charge in [-0.05, 0) is 45.4 Å². The average molecular weight is 450 g/mol. The van der Waals surface area contributed by atoms with Crippen molar-refractivity contribution in [3.8, 4) is 28.8 Å². The maximum atomic E-state index is 8.99. The van der Waals surface area contributed by atoms with Crippen molar-refractivity contribution in [3.63, 3.8) is 0 Å². The van der Waals surface area contributed by atoms with E-state index in [2.05, 4.69) is 39.3 Å². The summed E-state index contributed by atoms with van der Waals surface area (Å²) < 4.78 is 11.8. The molecule has 1 aromatic carbocycles. The highest BCUT2D eigenvalue weighted by atomic mass is 16.5. The Balaban J connectivity index is 1.42. The van der Waals surface area contributed by atoms with Gasteiger partial charge in [-0.15, -0.1) is 0 Å². The molecule has 2 aliphatic heterocycles. The van der Waals surface area contributed by atoms with Crippen LogP contribution in [0, 0.1) is 11.3 Å². The number of aliphatic imine (C=N–C) groups is 1. The lowest BCUT2D eigenvalue weighted by Gasteiger charge is -2.28. The summed E-state index contributed by atoms with van der Waals surface area (Å²) in [6, 6.07) is 10.8. The van der Waals surface area contributed by atoms with Crippen LogP contribution in [0.1, 0.15) is 26.7 Å². The zero-order chi connectivity index (χ0) is 23.4. The number of hydrogen-bond acceptors (Lipinski definition) is 8. The van der Waals surface area contributed by atoms with Crippen molar-refractivity contribution in [3.05, 3.63) is 36.2 Å². The van der Waals surface area contributed by atoms with Gasteiger partial charge in [-0.3, -0.25) is 10.00 Å². The molecule has 0 radical (unpaired) electrons. The maximum absolute atomic E-state index is 8.99. The van der Waals surface area contributed by atoms with E-state index in [-0.39, 0.29) is 6.17 Å². The molecule has 33 heavy (non-hydrogen) atoms. The number of rotatable bonds is 8. The van der Waals surface area contributed by atoms with Crippen LogP contribution in [-0.2, 0) is 0 Å². The molecule has 3 heterocycles. The predicted molar refractivity (Wildman–Crippen MR) is 128 cm³/mol. The van der Waals surface area contributed by atoms with Crippen molar-refractivity contribution in [1.29, 1.82) is 5.26 Å². The molecule has 2 N–H and O–H groups in total. The van der Waals surface area contributed by atoms with Crippen molar-refractivity contribution in [1.82, 2.24) is 20.0 Å². The third-order valence-corrected chi connectivity index (χ3v) is 6.10. The van der Waals surface area contributed by atoms with Crippen molar-refractivity contribution in [2.45, 2.75) is 44.9 Å². The highest BCUT2D eigenvalue weighted by molar-refractivity contribution is 5.74. The van der Waals surface area contributed by atoms with Gasteiger partial charge in [-0.2, -0.15) is 10.4 Å². The SMILES string of the molecule is COc1cc(OC[C@H]2CCCN2C(C)C)ccc1-c1cc(NC2C=NC(C#N)=CN2C)n[nH]1. The summed E-state index contributed by atoms with van der Waals surface area (Å²) in [4.78, 5) is 8.52. The highest BCUT2D eigenvalue weighted by Gasteiger charge is 2.27. The Bertz CT molecular complexity index is 1070. The van der Waals surface area contributed by atoms with E-state index in [4.69, 9.17) is 14.7 Å². The minimum atomic E-state index is -0.197. The molecule has 2 aliphatic rings. The Morgan fingerprint density at radius 3 is 2.91 bits per heavy atom. The predicted octanol–water partition coefficient (Wildman–Crippen LogP) is 3.46. The molecule has 1 saturated heterocycles. The molecule has 174 valence electrons. The molecule has 0 bridgehead atoms. The summed E-state index contributed by atoms with van der Waals surface area (Å²) in [5.41, 5.74) is 2.09. The van der Waals surface area contributed by atoms with Crippen LogP contribution in [0.15, 0.2) is 41.2 Å². The smallest absolute Gasteiger partial charge is 0.156 e. The molecule has 9 heteroatoms. The molecule has 0 amide bonds. The molecule has 9 nitrogen and oxygen atoms in total. The summed E-state index contributed by atoms with van der Waals surface area (Å²) in [6.07, 6.45) is 5.58. The Kier molecular flexibility index (Phi) is 6.84. The summed E-state index contributed by atoms with van der Waals surface area (Å²) in [5.74, 6) is 2.18. The van der Waals surface area contributed by atoms with E-state index in [1.165, 1.54) is 12.8 Å². The first-order chi connectivity index (χ1) is 16.0. The van der Waals surface area contributed by atoms with Crippen LogP contribution in [0.4, 0.5) is 5.82 Å². The third kappa shape index (κ3) is 5.12. The van der Waals surface area contributed by atoms with Gasteiger partial charge in [0.2, 0.25) is 0 Å². The van der Waals surface area contributed by atoms with Crippen LogP contribution in [0.3, 0.4) is 0 Å². The fraction of sp³-hybridized carbons (Fsp3) is 0.458. The van der Waals surface area contributed by atoms with Gasteiger partial charge < -0.3 is 19.7 Å². The van der Waals surface area contributed by atoms with Gasteiger partial charge in [-0.25, -0.2) is 4.99 Å². The minimum absolute atomic E-state index is 0.197. The van der Waals surface area contributed by atoms with Crippen LogP contribution < -0.4 is 14.8 Å². The van der Waals surface area contributed by atoms with Gasteiger partial charge >= 0.3 is 0 Å². The molecule has 4 rings (SSSR count). The second kappa shape index (κ2) is 9.96. The van der Waals surface area contributed by atoms with E-state index in [1.807, 2.05) is 42.3 Å². The average Bonchev–Trinajstić information content (AvgIpc) is 3.48. The molecular weight excluding hydrogens is 418 g/mol. The fourth-order valence-corrected chi connectivity index (χ4v) is 4.34. The number of benzene rings is 1. The monoisotopic (exact) mass is 449 g/mol. The number of ether oxygens (including phenoxy) is 2. The molecule has 0 spiro atoms. The molecular formula is C24H31N7O2. The molecule has 0 saturated carbocycles. The summed E-state index contributed by atoms with van der Waals surface area (Å²) in [7, 11) is 3.53. The topological polar surface area (TPSA) is 102 Å². The number of aromatic amines is 1. The van der Waals surface area contributed by atoms with Crippen molar-refractivity contribution >= 4 is 12.0 Å². The molecule has 1 unspecified atom stereocenters. The van der Waals surface area contributed by atoms with E-state index < -0.39 is 0 Å². The number of nitrogens with one attached hydrogen (secondary N) is 2. The number of anilines is 1. The summed E-state index contributed by atoms with van der Waals surface area (Å²) in [6.45, 7) is 6.30. The van der Waals surface area contributed by atoms with Gasteiger partial charge in [0.15, 0.2) is 5.70 Å². The number of hydrogen-bond donors (Lipinski definition) is 2. The number of aromatic nitrogens is 2. The van der Waals surface area contributed by atoms with Gasteiger partial charge in [0.05, 0.1) is 12.8 Å². The van der Waals surface area contributed by atoms with Gasteiger partial charge in [0, 0.05) is 49.2 Å². The number of nitriles is 1. The zero-order valence-electron chi connectivity index (χ0n) is 19.6. The third-order valence-electron chi connectivity index (χ3n) is 6.10. The lowest BCUT2D eigenvalue weighted by Crippen LogP contribution is -2.39. The Morgan fingerprint density at radius 2 is 2.18 bits per heavy atom. The van der Waals surface area contributed by atoms with Crippen LogP contribution >= 0.6 is 0 Å². The van der Waals surface area contributed by atoms with E-state index in [9.17, 15) is 0 Å². The lowest BCUT2D eigenvalue weighted by molar-refractivity contribution is 0.144. The van der Waals surface area contributed by atoms with Crippen molar-refractivity contribution < 1.29 is 9.47 Å². The lowest BCUT2D eigenvalue weighted by atomic mass is 10.1. The first-order valence-corrected chi connectivity index (χ1v) is 11.3. The molecule has 1 aromatic heterocycles. The van der Waals surface area contributed by atoms with E-state index >= 15 is 0 Å². The molecule has 2 aromatic rings. The Labute approximate surface area is 194 Å². The second-order valence-corrected chi connectivity index (χ2v) is 8.63. The van der Waals surface area contributed by atoms with E-state index in [0.29, 0.717) is 36.0 Å². The fourth-order valence-electron chi connectivity index (χ4n) is 4.34. The maximum Gasteiger partial charge on any atom is 0.156 e. The van der Waals surface area contributed by atoms with Crippen LogP contribution in [0.2, 0.25) is 0 Å². The number of H-pyrrole nitrogens is 1. The van der Waals surface area contributed by atoms with E-state index in [0.717, 1.165) is 23.6 Å². The highest BCUT2D eigenvalue weighted by Crippen LogP contribution is 2.34. The zero-order valence-corrected chi connectivity index (χ0v) is 19.6. The van der Waals surface area contributed by atoms with Gasteiger partial charge in [-0.1, -0.05) is 0 Å². The molecule has 0 aliphatic carbocycles. The number of methoxy groups -OCH3 is 1. The summed E-state index contributed by atoms with van der Waals surface area (Å²) in [5, 5.41) is 19.7. The van der Waals surface area contributed by atoms with Gasteiger partial charge in [0.25, 0.3) is 0 Å². The summed E-state index contributed by atoms with van der Waals surface area (Å²) >= 11 is 0. The molecule has 2 atom stereocenters. The van der Waals surface area contributed by atoms with Crippen LogP contribution in [0.5, 0.6) is 11.5 Å². The normalized spacial score (nSPS) is 20.6. The largest absolute Gasteiger partial charge is 0.496 e. The van der Waals surface area contributed by atoms with Crippen molar-refractivity contribution in [2.24, 2.45) is 4.99 Å². The van der Waals surface area contributed by atoms with Crippen molar-refractivity contribution in [2.75, 3.05) is 32.6 Å². The number of allylic oxidation sites excluding steroid dienone is 1. The first kappa shape index (κ1) is 22.7. The first-order valence-electron chi connectivity index (χ1n) is 11.3. The van der Waals surface area contributed by atoms with Gasteiger partial charge in [0.1, 0.15) is 36.2 Å². The molecule has 1 fully saturated rings. The van der Waals surface area contributed by atoms with E-state index in [1.54, 1.807) is 19.5 Å². The van der Waals surface area contributed by atoms with Crippen LogP contribution in [-0.4, -0.2) is 71.8 Å². The standard InChI is InChI=1S/C24H31N7O2/c1-16(2)31-9-5-6-18(31)15-33-19-7-8-20(22(10-19)32-4)21-11-23(29-28-21)27-24-13-26-17(12-25)14-30(24)3/h7-8,10-11,13-14,16,18,24H,5-6,9,15H2,1-4H3,(H2,27,28,29)/t18-,24?/m1/s1. The number of likely N-dealkylation sites (tertiary alicyclic amines) is 1. The Morgan fingerprint density at radius 1 is 1.33 bits per heavy atom. The Hall–Kier alpha value is -3.51. The number of nitrogens with zero attached hydrogens (tertiary/aromatic N) is 5. The quantitative estimate of drug-likeness (QED) is 0.636. The minimum Gasteiger partial charge on any atom is -0.496 e.